The van der Waals surface area contributed by atoms with Crippen molar-refractivity contribution in [2.75, 3.05) is 11.1 Å². The highest BCUT2D eigenvalue weighted by Gasteiger charge is 2.31. The third kappa shape index (κ3) is 6.25. The maximum atomic E-state index is 12.4. The molecule has 12 heteroatoms. The summed E-state index contributed by atoms with van der Waals surface area (Å²) in [5, 5.41) is 20.2. The first-order valence-electron chi connectivity index (χ1n) is 10.0. The molecule has 33 heavy (non-hydrogen) atoms. The van der Waals surface area contributed by atoms with E-state index in [0.29, 0.717) is 16.4 Å². The number of allylic oxidation sites excluding steroid dienone is 2. The number of aromatic nitrogens is 4. The van der Waals surface area contributed by atoms with Crippen LogP contribution in [0.5, 0.6) is 5.75 Å². The zero-order valence-electron chi connectivity index (χ0n) is 17.2. The molecule has 3 N–H and O–H groups in total. The van der Waals surface area contributed by atoms with Crippen molar-refractivity contribution in [1.82, 2.24) is 20.4 Å². The molecular weight excluding hydrogens is 457 g/mol. The van der Waals surface area contributed by atoms with Crippen LogP contribution >= 0.6 is 11.3 Å². The highest BCUT2D eigenvalue weighted by Crippen LogP contribution is 2.38. The van der Waals surface area contributed by atoms with E-state index >= 15 is 0 Å². The Labute approximate surface area is 190 Å². The van der Waals surface area contributed by atoms with Gasteiger partial charge in [-0.1, -0.05) is 29.5 Å². The van der Waals surface area contributed by atoms with Gasteiger partial charge in [0.2, 0.25) is 11.0 Å². The number of alkyl halides is 3. The number of nitrogens with zero attached hydrogens (tertiary/aromatic N) is 4. The van der Waals surface area contributed by atoms with Gasteiger partial charge >= 0.3 is 6.36 Å². The van der Waals surface area contributed by atoms with Gasteiger partial charge in [0.15, 0.2) is 5.82 Å². The van der Waals surface area contributed by atoms with Gasteiger partial charge in [0.05, 0.1) is 12.1 Å². The molecule has 172 valence electrons. The molecule has 0 aliphatic heterocycles. The molecule has 1 aromatic carbocycles. The highest BCUT2D eigenvalue weighted by molar-refractivity contribution is 7.15. The molecule has 2 heterocycles. The van der Waals surface area contributed by atoms with Crippen LogP contribution in [0.25, 0.3) is 5.57 Å². The highest BCUT2D eigenvalue weighted by atomic mass is 32.1. The number of ether oxygens (including phenoxy) is 1. The molecule has 1 aliphatic rings. The predicted molar refractivity (Wildman–Crippen MR) is 116 cm³/mol. The number of hydrogen-bond acceptors (Lipinski definition) is 8. The number of carbonyl (C=O) groups is 1. The van der Waals surface area contributed by atoms with Crippen LogP contribution in [0.2, 0.25) is 0 Å². The normalized spacial score (nSPS) is 16.2. The minimum Gasteiger partial charge on any atom is -0.406 e. The molecule has 0 saturated carbocycles. The van der Waals surface area contributed by atoms with Gasteiger partial charge in [-0.15, -0.1) is 33.6 Å². The fourth-order valence-corrected chi connectivity index (χ4v) is 4.28. The number of halogens is 3. The summed E-state index contributed by atoms with van der Waals surface area (Å²) in [5.41, 5.74) is 7.79. The van der Waals surface area contributed by atoms with Crippen molar-refractivity contribution in [2.45, 2.75) is 38.0 Å². The van der Waals surface area contributed by atoms with Crippen LogP contribution in [-0.2, 0) is 11.2 Å². The number of nitrogens with one attached hydrogen (secondary N) is 1. The van der Waals surface area contributed by atoms with Crippen molar-refractivity contribution >= 4 is 33.8 Å². The minimum absolute atomic E-state index is 0.143. The lowest BCUT2D eigenvalue weighted by Gasteiger charge is -2.20. The molecule has 0 fully saturated rings. The summed E-state index contributed by atoms with van der Waals surface area (Å²) in [7, 11) is 0. The third-order valence-corrected chi connectivity index (χ3v) is 5.85. The zero-order chi connectivity index (χ0) is 23.4. The number of carbonyl (C=O) groups excluding carboxylic acids is 1. The van der Waals surface area contributed by atoms with Gasteiger partial charge in [-0.2, -0.15) is 0 Å². The maximum absolute atomic E-state index is 12.4. The number of rotatable bonds is 6. The second-order valence-electron chi connectivity index (χ2n) is 7.41. The van der Waals surface area contributed by atoms with Crippen LogP contribution in [0, 0.1) is 0 Å². The lowest BCUT2D eigenvalue weighted by Crippen LogP contribution is -2.18. The van der Waals surface area contributed by atoms with E-state index in [1.165, 1.54) is 35.6 Å². The molecule has 1 amide bonds. The van der Waals surface area contributed by atoms with Crippen LogP contribution < -0.4 is 15.8 Å². The summed E-state index contributed by atoms with van der Waals surface area (Å²) in [6.45, 7) is 0. The third-order valence-electron chi connectivity index (χ3n) is 4.94. The Hall–Kier alpha value is -3.54. The first kappa shape index (κ1) is 22.6. The van der Waals surface area contributed by atoms with Crippen LogP contribution in [0.4, 0.5) is 24.1 Å². The maximum Gasteiger partial charge on any atom is 0.573 e. The fraction of sp³-hybridized carbons (Fsp3) is 0.286. The summed E-state index contributed by atoms with van der Waals surface area (Å²) in [4.78, 5) is 12.3. The summed E-state index contributed by atoms with van der Waals surface area (Å²) < 4.78 is 41.0. The molecule has 3 aromatic rings. The van der Waals surface area contributed by atoms with E-state index in [0.717, 1.165) is 29.8 Å². The monoisotopic (exact) mass is 476 g/mol. The Morgan fingerprint density at radius 2 is 2.03 bits per heavy atom. The predicted octanol–water partition coefficient (Wildman–Crippen LogP) is 4.34. The van der Waals surface area contributed by atoms with E-state index in [4.69, 9.17) is 5.73 Å². The Balaban J connectivity index is 1.35. The SMILES string of the molecule is Nc1nnc(C2CCC=C(c3ccc(NC(=O)Cc4cccc(OC(F)(F)F)c4)nn3)C2)s1. The average Bonchev–Trinajstić information content (AvgIpc) is 3.20. The van der Waals surface area contributed by atoms with E-state index in [-0.39, 0.29) is 23.9 Å². The summed E-state index contributed by atoms with van der Waals surface area (Å²) in [6.07, 6.45) is -0.261. The number of amides is 1. The van der Waals surface area contributed by atoms with Crippen LogP contribution in [-0.4, -0.2) is 32.7 Å². The van der Waals surface area contributed by atoms with Gasteiger partial charge in [0.25, 0.3) is 0 Å². The Kier molecular flexibility index (Phi) is 6.54. The molecule has 0 radical (unpaired) electrons. The topological polar surface area (TPSA) is 116 Å². The average molecular weight is 476 g/mol. The van der Waals surface area contributed by atoms with E-state index in [1.54, 1.807) is 12.1 Å². The quantitative estimate of drug-likeness (QED) is 0.544. The van der Waals surface area contributed by atoms with Crippen LogP contribution in [0.15, 0.2) is 42.5 Å². The molecule has 0 spiro atoms. The molecule has 4 rings (SSSR count). The first-order chi connectivity index (χ1) is 15.7. The second kappa shape index (κ2) is 9.53. The lowest BCUT2D eigenvalue weighted by molar-refractivity contribution is -0.274. The van der Waals surface area contributed by atoms with E-state index in [9.17, 15) is 18.0 Å². The van der Waals surface area contributed by atoms with Gasteiger partial charge in [0, 0.05) is 5.92 Å². The van der Waals surface area contributed by atoms with Crippen molar-refractivity contribution in [3.05, 3.63) is 58.7 Å². The number of nitrogen functional groups attached to an aromatic ring is 1. The van der Waals surface area contributed by atoms with E-state index in [1.807, 2.05) is 0 Å². The molecule has 1 atom stereocenters. The fourth-order valence-electron chi connectivity index (χ4n) is 3.54. The molecule has 2 aromatic heterocycles. The molecule has 8 nitrogen and oxygen atoms in total. The summed E-state index contributed by atoms with van der Waals surface area (Å²) >= 11 is 1.39. The van der Waals surface area contributed by atoms with Gasteiger partial charge in [0.1, 0.15) is 10.8 Å². The largest absolute Gasteiger partial charge is 0.573 e. The number of anilines is 2. The Morgan fingerprint density at radius 3 is 2.73 bits per heavy atom. The standard InChI is InChI=1S/C21H19F3N6O2S/c22-21(23,24)32-15-6-1-3-12(9-15)10-18(31)26-17-8-7-16(27-28-17)13-4-2-5-14(11-13)19-29-30-20(25)33-19/h1,3-4,6-9,14H,2,5,10-11H2,(H2,25,30)(H,26,28,31). The lowest BCUT2D eigenvalue weighted by atomic mass is 9.88. The van der Waals surface area contributed by atoms with Gasteiger partial charge in [-0.3, -0.25) is 4.79 Å². The van der Waals surface area contributed by atoms with Crippen molar-refractivity contribution in [3.63, 3.8) is 0 Å². The van der Waals surface area contributed by atoms with Gasteiger partial charge in [-0.05, 0) is 54.7 Å². The Morgan fingerprint density at radius 1 is 1.18 bits per heavy atom. The molecule has 1 unspecified atom stereocenters. The van der Waals surface area contributed by atoms with Gasteiger partial charge < -0.3 is 15.8 Å². The second-order valence-corrected chi connectivity index (χ2v) is 8.45. The Bertz CT molecular complexity index is 1160. The number of hydrogen-bond donors (Lipinski definition) is 2. The van der Waals surface area contributed by atoms with E-state index < -0.39 is 12.3 Å². The molecular formula is C21H19F3N6O2S. The molecule has 1 aliphatic carbocycles. The number of nitrogens with two attached hydrogens (primary N) is 1. The smallest absolute Gasteiger partial charge is 0.406 e. The zero-order valence-corrected chi connectivity index (χ0v) is 18.0. The number of benzene rings is 1. The van der Waals surface area contributed by atoms with Gasteiger partial charge in [-0.25, -0.2) is 0 Å². The van der Waals surface area contributed by atoms with E-state index in [2.05, 4.69) is 36.5 Å². The van der Waals surface area contributed by atoms with Crippen molar-refractivity contribution in [3.8, 4) is 5.75 Å². The van der Waals surface area contributed by atoms with Crippen molar-refractivity contribution in [1.29, 1.82) is 0 Å². The van der Waals surface area contributed by atoms with Crippen LogP contribution in [0.3, 0.4) is 0 Å². The molecule has 0 bridgehead atoms. The van der Waals surface area contributed by atoms with Crippen molar-refractivity contribution in [2.24, 2.45) is 0 Å². The van der Waals surface area contributed by atoms with Crippen LogP contribution in [0.1, 0.15) is 41.4 Å². The van der Waals surface area contributed by atoms with Crippen molar-refractivity contribution < 1.29 is 22.7 Å². The summed E-state index contributed by atoms with van der Waals surface area (Å²) in [6, 6.07) is 8.66. The first-order valence-corrected chi connectivity index (χ1v) is 10.8. The molecule has 0 saturated heterocycles. The minimum atomic E-state index is -4.80. The summed E-state index contributed by atoms with van der Waals surface area (Å²) in [5.74, 6) is -0.353.